The van der Waals surface area contributed by atoms with E-state index in [1.807, 2.05) is 0 Å². The first kappa shape index (κ1) is 22.8. The highest BCUT2D eigenvalue weighted by molar-refractivity contribution is 5.88. The Kier molecular flexibility index (Phi) is 6.09. The molecule has 1 amide bonds. The standard InChI is InChI=1S/C28H39FN2O3/c29-28(11-12-28)26(32)31-19-27(20-31)10-5-23(17-27)30-13-6-22(7-14-30)24-3-1-2-4-25(24)34-18-21-8-15-33-16-9-21/h1-4,21-23H,5-20H2/t23-/m1/s1. The molecule has 1 aromatic rings. The smallest absolute Gasteiger partial charge is 0.260 e. The lowest BCUT2D eigenvalue weighted by molar-refractivity contribution is -0.150. The number of likely N-dealkylation sites (tertiary alicyclic amines) is 2. The van der Waals surface area contributed by atoms with Crippen molar-refractivity contribution in [1.29, 1.82) is 0 Å². The summed E-state index contributed by atoms with van der Waals surface area (Å²) < 4.78 is 26.0. The summed E-state index contributed by atoms with van der Waals surface area (Å²) in [5, 5.41) is 0. The number of halogens is 1. The first-order valence-electron chi connectivity index (χ1n) is 13.6. The van der Waals surface area contributed by atoms with Crippen molar-refractivity contribution >= 4 is 5.91 Å². The molecule has 2 aliphatic carbocycles. The minimum atomic E-state index is -1.51. The number of para-hydroxylation sites is 1. The predicted molar refractivity (Wildman–Crippen MR) is 129 cm³/mol. The Morgan fingerprint density at radius 3 is 2.50 bits per heavy atom. The lowest BCUT2D eigenvalue weighted by Gasteiger charge is -2.49. The average Bonchev–Trinajstić information content (AvgIpc) is 3.45. The third-order valence-corrected chi connectivity index (χ3v) is 9.31. The Balaban J connectivity index is 0.996. The second kappa shape index (κ2) is 9.09. The maximum Gasteiger partial charge on any atom is 0.260 e. The lowest BCUT2D eigenvalue weighted by Crippen LogP contribution is -2.60. The summed E-state index contributed by atoms with van der Waals surface area (Å²) in [5.74, 6) is 2.01. The van der Waals surface area contributed by atoms with Crippen LogP contribution in [0.3, 0.4) is 0 Å². The van der Waals surface area contributed by atoms with Crippen LogP contribution >= 0.6 is 0 Å². The van der Waals surface area contributed by atoms with Crippen LogP contribution < -0.4 is 4.74 Å². The third kappa shape index (κ3) is 4.48. The van der Waals surface area contributed by atoms with Crippen molar-refractivity contribution in [3.05, 3.63) is 29.8 Å². The number of piperidine rings is 1. The van der Waals surface area contributed by atoms with Crippen LogP contribution in [0.2, 0.25) is 0 Å². The molecule has 6 heteroatoms. The summed E-state index contributed by atoms with van der Waals surface area (Å²) in [5.41, 5.74) is 0.129. The summed E-state index contributed by atoms with van der Waals surface area (Å²) in [7, 11) is 0. The highest BCUT2D eigenvalue weighted by atomic mass is 19.1. The molecular formula is C28H39FN2O3. The van der Waals surface area contributed by atoms with Crippen molar-refractivity contribution in [1.82, 2.24) is 9.80 Å². The van der Waals surface area contributed by atoms with E-state index in [0.29, 0.717) is 30.7 Å². The molecule has 2 saturated carbocycles. The number of carbonyl (C=O) groups is 1. The van der Waals surface area contributed by atoms with E-state index < -0.39 is 5.67 Å². The molecule has 0 N–H and O–H groups in total. The van der Waals surface area contributed by atoms with Gasteiger partial charge in [-0.15, -0.1) is 0 Å². The highest BCUT2D eigenvalue weighted by Crippen LogP contribution is 2.51. The first-order valence-corrected chi connectivity index (χ1v) is 13.6. The van der Waals surface area contributed by atoms with Gasteiger partial charge in [0.2, 0.25) is 0 Å². The van der Waals surface area contributed by atoms with E-state index in [9.17, 15) is 9.18 Å². The number of amides is 1. The SMILES string of the molecule is O=C(N1CC2(CC[C@@H](N3CCC(c4ccccc4OCC4CCOCC4)CC3)C2)C1)C1(F)CC1. The van der Waals surface area contributed by atoms with Gasteiger partial charge in [0, 0.05) is 37.8 Å². The van der Waals surface area contributed by atoms with Crippen LogP contribution in [0.15, 0.2) is 24.3 Å². The number of ether oxygens (including phenoxy) is 2. The molecule has 186 valence electrons. The van der Waals surface area contributed by atoms with E-state index in [0.717, 1.165) is 64.6 Å². The second-order valence-electron chi connectivity index (χ2n) is 11.7. The zero-order chi connectivity index (χ0) is 23.2. The zero-order valence-corrected chi connectivity index (χ0v) is 20.4. The lowest BCUT2D eigenvalue weighted by atomic mass is 9.77. The highest BCUT2D eigenvalue weighted by Gasteiger charge is 2.58. The van der Waals surface area contributed by atoms with Gasteiger partial charge in [0.15, 0.2) is 5.67 Å². The maximum atomic E-state index is 14.1. The third-order valence-electron chi connectivity index (χ3n) is 9.31. The van der Waals surface area contributed by atoms with E-state index in [1.165, 1.54) is 37.7 Å². The van der Waals surface area contributed by atoms with Crippen LogP contribution in [0.5, 0.6) is 5.75 Å². The van der Waals surface area contributed by atoms with Crippen molar-refractivity contribution in [2.24, 2.45) is 11.3 Å². The fourth-order valence-electron chi connectivity index (χ4n) is 6.94. The fraction of sp³-hybridized carbons (Fsp3) is 0.750. The molecule has 1 aromatic carbocycles. The van der Waals surface area contributed by atoms with Gasteiger partial charge in [-0.25, -0.2) is 4.39 Å². The molecule has 3 aliphatic heterocycles. The number of benzene rings is 1. The van der Waals surface area contributed by atoms with Crippen LogP contribution in [0, 0.1) is 11.3 Å². The van der Waals surface area contributed by atoms with Gasteiger partial charge in [0.25, 0.3) is 5.91 Å². The van der Waals surface area contributed by atoms with Crippen molar-refractivity contribution < 1.29 is 18.7 Å². The van der Waals surface area contributed by atoms with Gasteiger partial charge in [0.1, 0.15) is 5.75 Å². The van der Waals surface area contributed by atoms with Gasteiger partial charge in [-0.2, -0.15) is 0 Å². The van der Waals surface area contributed by atoms with Crippen molar-refractivity contribution in [2.45, 2.75) is 75.4 Å². The van der Waals surface area contributed by atoms with Crippen molar-refractivity contribution in [2.75, 3.05) is 46.0 Å². The molecular weight excluding hydrogens is 431 g/mol. The second-order valence-corrected chi connectivity index (χ2v) is 11.7. The van der Waals surface area contributed by atoms with Crippen LogP contribution in [-0.4, -0.2) is 73.4 Å². The minimum Gasteiger partial charge on any atom is -0.493 e. The van der Waals surface area contributed by atoms with Gasteiger partial charge in [0.05, 0.1) is 6.61 Å². The van der Waals surface area contributed by atoms with Gasteiger partial charge < -0.3 is 19.3 Å². The summed E-state index contributed by atoms with van der Waals surface area (Å²) in [6.07, 6.45) is 8.99. The number of carbonyl (C=O) groups excluding carboxylic acids is 1. The Bertz CT molecular complexity index is 883. The van der Waals surface area contributed by atoms with Gasteiger partial charge >= 0.3 is 0 Å². The molecule has 3 saturated heterocycles. The van der Waals surface area contributed by atoms with Gasteiger partial charge in [-0.05, 0) is 94.3 Å². The normalized spacial score (nSPS) is 29.2. The largest absolute Gasteiger partial charge is 0.493 e. The van der Waals surface area contributed by atoms with E-state index in [2.05, 4.69) is 29.2 Å². The Hall–Kier alpha value is -1.66. The molecule has 5 fully saturated rings. The predicted octanol–water partition coefficient (Wildman–Crippen LogP) is 4.55. The molecule has 0 unspecified atom stereocenters. The number of nitrogens with zero attached hydrogens (tertiary/aromatic N) is 2. The molecule has 5 nitrogen and oxygen atoms in total. The summed E-state index contributed by atoms with van der Waals surface area (Å²) in [4.78, 5) is 16.8. The summed E-state index contributed by atoms with van der Waals surface area (Å²) >= 11 is 0. The monoisotopic (exact) mass is 470 g/mol. The molecule has 0 bridgehead atoms. The topological polar surface area (TPSA) is 42.0 Å². The quantitative estimate of drug-likeness (QED) is 0.612. The molecule has 0 radical (unpaired) electrons. The van der Waals surface area contributed by atoms with E-state index in [4.69, 9.17) is 9.47 Å². The number of rotatable bonds is 6. The summed E-state index contributed by atoms with van der Waals surface area (Å²) in [6.45, 7) is 6.35. The van der Waals surface area contributed by atoms with Crippen LogP contribution in [0.25, 0.3) is 0 Å². The van der Waals surface area contributed by atoms with Gasteiger partial charge in [-0.3, -0.25) is 4.79 Å². The molecule has 34 heavy (non-hydrogen) atoms. The van der Waals surface area contributed by atoms with Crippen LogP contribution in [0.4, 0.5) is 4.39 Å². The Morgan fingerprint density at radius 1 is 1.03 bits per heavy atom. The fourth-order valence-corrected chi connectivity index (χ4v) is 6.94. The zero-order valence-electron chi connectivity index (χ0n) is 20.4. The van der Waals surface area contributed by atoms with E-state index >= 15 is 0 Å². The number of hydrogen-bond donors (Lipinski definition) is 0. The summed E-state index contributed by atoms with van der Waals surface area (Å²) in [6, 6.07) is 9.28. The number of alkyl halides is 1. The van der Waals surface area contributed by atoms with E-state index in [-0.39, 0.29) is 11.3 Å². The molecule has 0 aromatic heterocycles. The maximum absolute atomic E-state index is 14.1. The Morgan fingerprint density at radius 2 is 1.76 bits per heavy atom. The van der Waals surface area contributed by atoms with Crippen LogP contribution in [-0.2, 0) is 9.53 Å². The van der Waals surface area contributed by atoms with E-state index in [1.54, 1.807) is 4.90 Å². The molecule has 5 aliphatic rings. The molecule has 1 atom stereocenters. The van der Waals surface area contributed by atoms with Gasteiger partial charge in [-0.1, -0.05) is 18.2 Å². The average molecular weight is 471 g/mol. The molecule has 3 heterocycles. The minimum absolute atomic E-state index is 0.236. The molecule has 6 rings (SSSR count). The molecule has 1 spiro atoms. The number of hydrogen-bond acceptors (Lipinski definition) is 4. The first-order chi connectivity index (χ1) is 16.5. The van der Waals surface area contributed by atoms with Crippen molar-refractivity contribution in [3.8, 4) is 5.75 Å². The Labute approximate surface area is 203 Å². The van der Waals surface area contributed by atoms with Crippen LogP contribution in [0.1, 0.15) is 69.3 Å². The van der Waals surface area contributed by atoms with Crippen molar-refractivity contribution in [3.63, 3.8) is 0 Å².